The Morgan fingerprint density at radius 1 is 1.23 bits per heavy atom. The molecule has 0 aromatic heterocycles. The van der Waals surface area contributed by atoms with E-state index in [1.807, 2.05) is 0 Å². The molecule has 1 aromatic rings. The number of carbonyl (C=O) groups is 3. The van der Waals surface area contributed by atoms with Crippen LogP contribution in [0.4, 0.5) is 0 Å². The first-order valence-electron chi connectivity index (χ1n) is 6.55. The first-order valence-corrected chi connectivity index (χ1v) is 6.55. The molecule has 6 heteroatoms. The Kier molecular flexibility index (Phi) is 4.41. The average molecular weight is 301 g/mol. The molecule has 2 rings (SSSR count). The summed E-state index contributed by atoms with van der Waals surface area (Å²) in [6.45, 7) is 1.55. The first kappa shape index (κ1) is 15.5. The van der Waals surface area contributed by atoms with Crippen LogP contribution in [0, 0.1) is 0 Å². The van der Waals surface area contributed by atoms with Gasteiger partial charge in [-0.25, -0.2) is 9.59 Å². The van der Waals surface area contributed by atoms with E-state index in [1.165, 1.54) is 7.11 Å². The van der Waals surface area contributed by atoms with Crippen LogP contribution in [-0.2, 0) is 19.1 Å². The molecule has 2 N–H and O–H groups in total. The van der Waals surface area contributed by atoms with Gasteiger partial charge in [0.25, 0.3) is 0 Å². The van der Waals surface area contributed by atoms with Gasteiger partial charge in [0, 0.05) is 5.70 Å². The third-order valence-corrected chi connectivity index (χ3v) is 3.48. The molecule has 1 unspecified atom stereocenters. The molecule has 0 aliphatic carbocycles. The molecule has 0 fully saturated rings. The highest BCUT2D eigenvalue weighted by atomic mass is 16.5. The van der Waals surface area contributed by atoms with Crippen molar-refractivity contribution >= 4 is 18.2 Å². The highest BCUT2D eigenvalue weighted by Gasteiger charge is 2.37. The van der Waals surface area contributed by atoms with Gasteiger partial charge in [0.2, 0.25) is 0 Å². The molecule has 1 heterocycles. The summed E-state index contributed by atoms with van der Waals surface area (Å²) in [7, 11) is 1.19. The van der Waals surface area contributed by atoms with E-state index in [1.54, 1.807) is 37.3 Å². The lowest BCUT2D eigenvalue weighted by molar-refractivity contribution is -0.136. The number of ether oxygens (including phenoxy) is 1. The Labute approximate surface area is 127 Å². The summed E-state index contributed by atoms with van der Waals surface area (Å²) >= 11 is 0. The standard InChI is InChI=1S/C16H15NO5/c1-9-12(15(19)20)13(10-6-4-3-5-7-10)14(16(21)22-2)11(8-18)17-9/h3-8,13,17H,1-2H3,(H,19,20). The second-order valence-corrected chi connectivity index (χ2v) is 4.75. The van der Waals surface area contributed by atoms with E-state index in [0.717, 1.165) is 0 Å². The van der Waals surface area contributed by atoms with Crippen molar-refractivity contribution in [2.75, 3.05) is 7.11 Å². The number of aliphatic carboxylic acids is 1. The normalized spacial score (nSPS) is 17.8. The predicted molar refractivity (Wildman–Crippen MR) is 77.8 cm³/mol. The van der Waals surface area contributed by atoms with Gasteiger partial charge in [0.15, 0.2) is 6.29 Å². The highest BCUT2D eigenvalue weighted by Crippen LogP contribution is 2.38. The monoisotopic (exact) mass is 301 g/mol. The molecule has 1 atom stereocenters. The van der Waals surface area contributed by atoms with E-state index >= 15 is 0 Å². The largest absolute Gasteiger partial charge is 0.478 e. The molecule has 0 saturated carbocycles. The molecule has 0 saturated heterocycles. The minimum absolute atomic E-state index is 0.00769. The SMILES string of the molecule is COC(=O)C1=C(C=O)NC(C)=C(C(=O)O)C1c1ccccc1. The summed E-state index contributed by atoms with van der Waals surface area (Å²) < 4.78 is 4.73. The van der Waals surface area contributed by atoms with Gasteiger partial charge >= 0.3 is 11.9 Å². The number of dihydropyridines is 1. The van der Waals surface area contributed by atoms with E-state index in [9.17, 15) is 19.5 Å². The zero-order valence-electron chi connectivity index (χ0n) is 12.1. The summed E-state index contributed by atoms with van der Waals surface area (Å²) in [5.74, 6) is -2.77. The van der Waals surface area contributed by atoms with Crippen LogP contribution in [0.3, 0.4) is 0 Å². The molecule has 0 spiro atoms. The number of methoxy groups -OCH3 is 1. The average Bonchev–Trinajstić information content (AvgIpc) is 2.53. The topological polar surface area (TPSA) is 92.7 Å². The summed E-state index contributed by atoms with van der Waals surface area (Å²) in [6.07, 6.45) is 0.490. The predicted octanol–water partition coefficient (Wildman–Crippen LogP) is 1.36. The Morgan fingerprint density at radius 2 is 1.86 bits per heavy atom. The highest BCUT2D eigenvalue weighted by molar-refractivity contribution is 6.02. The van der Waals surface area contributed by atoms with Crippen LogP contribution < -0.4 is 5.32 Å². The van der Waals surface area contributed by atoms with Gasteiger partial charge in [-0.15, -0.1) is 0 Å². The van der Waals surface area contributed by atoms with E-state index in [-0.39, 0.29) is 16.8 Å². The van der Waals surface area contributed by atoms with Crippen LogP contribution >= 0.6 is 0 Å². The number of allylic oxidation sites excluding steroid dienone is 2. The molecule has 0 radical (unpaired) electrons. The Bertz CT molecular complexity index is 688. The quantitative estimate of drug-likeness (QED) is 0.644. The van der Waals surface area contributed by atoms with Gasteiger partial charge in [-0.2, -0.15) is 0 Å². The first-order chi connectivity index (χ1) is 10.5. The zero-order chi connectivity index (χ0) is 16.3. The number of carboxylic acids is 1. The number of carboxylic acid groups (broad SMARTS) is 1. The van der Waals surface area contributed by atoms with E-state index in [4.69, 9.17) is 4.74 Å². The van der Waals surface area contributed by atoms with E-state index in [0.29, 0.717) is 17.5 Å². The van der Waals surface area contributed by atoms with Crippen molar-refractivity contribution in [1.29, 1.82) is 0 Å². The number of benzene rings is 1. The minimum Gasteiger partial charge on any atom is -0.478 e. The number of aldehydes is 1. The van der Waals surface area contributed by atoms with E-state index in [2.05, 4.69) is 5.32 Å². The van der Waals surface area contributed by atoms with Crippen molar-refractivity contribution in [3.05, 3.63) is 58.4 Å². The van der Waals surface area contributed by atoms with Gasteiger partial charge in [-0.1, -0.05) is 30.3 Å². The van der Waals surface area contributed by atoms with Gasteiger partial charge in [-0.05, 0) is 12.5 Å². The molecule has 22 heavy (non-hydrogen) atoms. The lowest BCUT2D eigenvalue weighted by Gasteiger charge is -2.28. The van der Waals surface area contributed by atoms with Crippen molar-refractivity contribution in [2.24, 2.45) is 0 Å². The Balaban J connectivity index is 2.72. The number of hydrogen-bond acceptors (Lipinski definition) is 5. The zero-order valence-corrected chi connectivity index (χ0v) is 12.1. The lowest BCUT2D eigenvalue weighted by atomic mass is 9.80. The molecule has 1 aliphatic heterocycles. The van der Waals surface area contributed by atoms with Crippen molar-refractivity contribution in [1.82, 2.24) is 5.32 Å². The van der Waals surface area contributed by atoms with Gasteiger partial charge in [0.05, 0.1) is 29.9 Å². The third kappa shape index (κ3) is 2.63. The second-order valence-electron chi connectivity index (χ2n) is 4.75. The third-order valence-electron chi connectivity index (χ3n) is 3.48. The number of carbonyl (C=O) groups excluding carboxylic acids is 2. The van der Waals surface area contributed by atoms with Crippen LogP contribution in [0.1, 0.15) is 18.4 Å². The maximum Gasteiger partial charge on any atom is 0.336 e. The smallest absolute Gasteiger partial charge is 0.336 e. The van der Waals surface area contributed by atoms with Crippen molar-refractivity contribution in [2.45, 2.75) is 12.8 Å². The summed E-state index contributed by atoms with van der Waals surface area (Å²) in [5, 5.41) is 12.2. The summed E-state index contributed by atoms with van der Waals surface area (Å²) in [6, 6.07) is 8.67. The number of nitrogens with one attached hydrogen (secondary N) is 1. The fourth-order valence-corrected chi connectivity index (χ4v) is 2.55. The molecule has 0 amide bonds. The van der Waals surface area contributed by atoms with Crippen molar-refractivity contribution in [3.8, 4) is 0 Å². The van der Waals surface area contributed by atoms with E-state index < -0.39 is 17.9 Å². The summed E-state index contributed by atoms with van der Waals surface area (Å²) in [4.78, 5) is 35.0. The number of rotatable bonds is 4. The molecule has 1 aliphatic rings. The Hall–Kier alpha value is -2.89. The van der Waals surface area contributed by atoms with Crippen molar-refractivity contribution in [3.63, 3.8) is 0 Å². The lowest BCUT2D eigenvalue weighted by Crippen LogP contribution is -2.32. The fraction of sp³-hybridized carbons (Fsp3) is 0.188. The van der Waals surface area contributed by atoms with Gasteiger partial charge in [-0.3, -0.25) is 4.79 Å². The van der Waals surface area contributed by atoms with Crippen LogP contribution in [0.5, 0.6) is 0 Å². The summed E-state index contributed by atoms with van der Waals surface area (Å²) in [5.41, 5.74) is 0.934. The maximum absolute atomic E-state index is 12.1. The molecule has 114 valence electrons. The van der Waals surface area contributed by atoms with Crippen LogP contribution in [0.25, 0.3) is 0 Å². The molecular formula is C16H15NO5. The van der Waals surface area contributed by atoms with Crippen molar-refractivity contribution < 1.29 is 24.2 Å². The van der Waals surface area contributed by atoms with Crippen LogP contribution in [0.15, 0.2) is 52.9 Å². The molecule has 6 nitrogen and oxygen atoms in total. The molecule has 1 aromatic carbocycles. The van der Waals surface area contributed by atoms with Crippen LogP contribution in [0.2, 0.25) is 0 Å². The second kappa shape index (κ2) is 6.26. The van der Waals surface area contributed by atoms with Crippen LogP contribution in [-0.4, -0.2) is 30.4 Å². The van der Waals surface area contributed by atoms with Gasteiger partial charge in [0.1, 0.15) is 0 Å². The number of hydrogen-bond donors (Lipinski definition) is 2. The number of esters is 1. The Morgan fingerprint density at radius 3 is 2.36 bits per heavy atom. The molecule has 0 bridgehead atoms. The maximum atomic E-state index is 12.1. The van der Waals surface area contributed by atoms with Gasteiger partial charge < -0.3 is 15.2 Å². The minimum atomic E-state index is -1.16. The molecular weight excluding hydrogens is 286 g/mol. The fourth-order valence-electron chi connectivity index (χ4n) is 2.55.